The van der Waals surface area contributed by atoms with Crippen LogP contribution in [0.15, 0.2) is 59.2 Å². The summed E-state index contributed by atoms with van der Waals surface area (Å²) in [6.07, 6.45) is 1.60. The number of rotatable bonds is 5. The van der Waals surface area contributed by atoms with Crippen molar-refractivity contribution in [2.45, 2.75) is 20.0 Å². The van der Waals surface area contributed by atoms with E-state index in [0.29, 0.717) is 11.4 Å². The highest BCUT2D eigenvalue weighted by Gasteiger charge is 2.16. The van der Waals surface area contributed by atoms with Crippen LogP contribution < -0.4 is 5.32 Å². The minimum absolute atomic E-state index is 0.105. The van der Waals surface area contributed by atoms with E-state index in [-0.39, 0.29) is 5.91 Å². The first kappa shape index (κ1) is 15.7. The second-order valence-corrected chi connectivity index (χ2v) is 6.68. The summed E-state index contributed by atoms with van der Waals surface area (Å²) >= 11 is 1.45. The van der Waals surface area contributed by atoms with E-state index < -0.39 is 0 Å². The Morgan fingerprint density at radius 1 is 1.20 bits per heavy atom. The largest absolute Gasteiger partial charge is 0.467 e. The zero-order valence-corrected chi connectivity index (χ0v) is 14.5. The molecule has 0 atom stereocenters. The molecule has 0 unspecified atom stereocenters. The number of para-hydroxylation sites is 2. The van der Waals surface area contributed by atoms with Gasteiger partial charge in [-0.15, -0.1) is 11.3 Å². The van der Waals surface area contributed by atoms with Crippen molar-refractivity contribution in [3.63, 3.8) is 0 Å². The lowest BCUT2D eigenvalue weighted by Crippen LogP contribution is -2.21. The molecule has 0 spiro atoms. The summed E-state index contributed by atoms with van der Waals surface area (Å²) in [7, 11) is 0. The molecule has 126 valence electrons. The normalized spacial score (nSPS) is 11.1. The molecular formula is C19H17N3O2S. The first-order valence-corrected chi connectivity index (χ1v) is 8.94. The number of benzene rings is 1. The SMILES string of the molecule is CCn1c(-c2ccc(C(=O)NCc3ccco3)s2)nc2ccccc21. The molecule has 0 saturated carbocycles. The zero-order valence-electron chi connectivity index (χ0n) is 13.7. The number of carbonyl (C=O) groups excluding carboxylic acids is 1. The maximum Gasteiger partial charge on any atom is 0.261 e. The minimum Gasteiger partial charge on any atom is -0.467 e. The minimum atomic E-state index is -0.105. The lowest BCUT2D eigenvalue weighted by atomic mass is 10.3. The molecular weight excluding hydrogens is 334 g/mol. The lowest BCUT2D eigenvalue weighted by molar-refractivity contribution is 0.0952. The van der Waals surface area contributed by atoms with Crippen LogP contribution in [0.4, 0.5) is 0 Å². The summed E-state index contributed by atoms with van der Waals surface area (Å²) in [5, 5.41) is 2.87. The predicted octanol–water partition coefficient (Wildman–Crippen LogP) is 4.31. The monoisotopic (exact) mass is 351 g/mol. The fourth-order valence-corrected chi connectivity index (χ4v) is 3.75. The molecule has 1 aromatic carbocycles. The van der Waals surface area contributed by atoms with Gasteiger partial charge in [-0.05, 0) is 43.3 Å². The number of nitrogens with one attached hydrogen (secondary N) is 1. The van der Waals surface area contributed by atoms with E-state index in [1.54, 1.807) is 12.3 Å². The van der Waals surface area contributed by atoms with Gasteiger partial charge in [-0.3, -0.25) is 4.79 Å². The lowest BCUT2D eigenvalue weighted by Gasteiger charge is -2.04. The summed E-state index contributed by atoms with van der Waals surface area (Å²) < 4.78 is 7.41. The summed E-state index contributed by atoms with van der Waals surface area (Å²) in [4.78, 5) is 18.7. The van der Waals surface area contributed by atoms with Crippen LogP contribution in [0.25, 0.3) is 21.7 Å². The van der Waals surface area contributed by atoms with Gasteiger partial charge in [0.25, 0.3) is 5.91 Å². The number of aryl methyl sites for hydroxylation is 1. The highest BCUT2D eigenvalue weighted by atomic mass is 32.1. The van der Waals surface area contributed by atoms with Crippen molar-refractivity contribution in [1.82, 2.24) is 14.9 Å². The summed E-state index contributed by atoms with van der Waals surface area (Å²) in [6.45, 7) is 3.31. The number of carbonyl (C=O) groups is 1. The Kier molecular flexibility index (Phi) is 4.11. The van der Waals surface area contributed by atoms with Crippen molar-refractivity contribution in [2.24, 2.45) is 0 Å². The number of aromatic nitrogens is 2. The van der Waals surface area contributed by atoms with E-state index in [9.17, 15) is 4.79 Å². The standard InChI is InChI=1S/C19H17N3O2S/c1-2-22-15-8-4-3-7-14(15)21-18(22)16-9-10-17(25-16)19(23)20-12-13-6-5-11-24-13/h3-11H,2,12H2,1H3,(H,20,23). The van der Waals surface area contributed by atoms with E-state index in [1.807, 2.05) is 36.4 Å². The molecule has 25 heavy (non-hydrogen) atoms. The van der Waals surface area contributed by atoms with Crippen molar-refractivity contribution in [1.29, 1.82) is 0 Å². The Bertz CT molecular complexity index is 1010. The van der Waals surface area contributed by atoms with Gasteiger partial charge < -0.3 is 14.3 Å². The second-order valence-electron chi connectivity index (χ2n) is 5.59. The Morgan fingerprint density at radius 3 is 2.88 bits per heavy atom. The van der Waals surface area contributed by atoms with E-state index in [1.165, 1.54) is 11.3 Å². The third kappa shape index (κ3) is 2.96. The molecule has 3 aromatic heterocycles. The molecule has 0 fully saturated rings. The first-order valence-electron chi connectivity index (χ1n) is 8.12. The van der Waals surface area contributed by atoms with E-state index >= 15 is 0 Å². The fraction of sp³-hybridized carbons (Fsp3) is 0.158. The second kappa shape index (κ2) is 6.57. The maximum atomic E-state index is 12.3. The predicted molar refractivity (Wildman–Crippen MR) is 98.6 cm³/mol. The molecule has 4 rings (SSSR count). The number of nitrogens with zero attached hydrogens (tertiary/aromatic N) is 2. The summed E-state index contributed by atoms with van der Waals surface area (Å²) in [6, 6.07) is 15.5. The van der Waals surface area contributed by atoms with Crippen LogP contribution in [0.1, 0.15) is 22.4 Å². The van der Waals surface area contributed by atoms with Crippen LogP contribution >= 0.6 is 11.3 Å². The number of hydrogen-bond acceptors (Lipinski definition) is 4. The molecule has 0 bridgehead atoms. The quantitative estimate of drug-likeness (QED) is 0.583. The molecule has 1 N–H and O–H groups in total. The van der Waals surface area contributed by atoms with Crippen molar-refractivity contribution < 1.29 is 9.21 Å². The Hall–Kier alpha value is -2.86. The van der Waals surface area contributed by atoms with Crippen LogP contribution in [0, 0.1) is 0 Å². The van der Waals surface area contributed by atoms with E-state index in [2.05, 4.69) is 22.9 Å². The van der Waals surface area contributed by atoms with Gasteiger partial charge in [0.2, 0.25) is 0 Å². The van der Waals surface area contributed by atoms with Gasteiger partial charge in [-0.1, -0.05) is 12.1 Å². The third-order valence-corrected chi connectivity index (χ3v) is 5.10. The Morgan fingerprint density at radius 2 is 2.08 bits per heavy atom. The van der Waals surface area contributed by atoms with Gasteiger partial charge >= 0.3 is 0 Å². The van der Waals surface area contributed by atoms with Crippen molar-refractivity contribution in [2.75, 3.05) is 0 Å². The molecule has 3 heterocycles. The number of thiophene rings is 1. The summed E-state index contributed by atoms with van der Waals surface area (Å²) in [5.74, 6) is 1.53. The number of amides is 1. The fourth-order valence-electron chi connectivity index (χ4n) is 2.83. The maximum absolute atomic E-state index is 12.3. The number of hydrogen-bond donors (Lipinski definition) is 1. The van der Waals surface area contributed by atoms with Crippen LogP contribution in [0.5, 0.6) is 0 Å². The highest BCUT2D eigenvalue weighted by molar-refractivity contribution is 7.17. The zero-order chi connectivity index (χ0) is 17.2. The number of imidazole rings is 1. The summed E-state index contributed by atoms with van der Waals surface area (Å²) in [5.41, 5.74) is 2.08. The molecule has 5 nitrogen and oxygen atoms in total. The van der Waals surface area contributed by atoms with Crippen molar-refractivity contribution >= 4 is 28.3 Å². The van der Waals surface area contributed by atoms with Crippen LogP contribution in [0.2, 0.25) is 0 Å². The topological polar surface area (TPSA) is 60.1 Å². The third-order valence-electron chi connectivity index (χ3n) is 4.02. The van der Waals surface area contributed by atoms with Crippen molar-refractivity contribution in [3.05, 3.63) is 65.4 Å². The molecule has 0 radical (unpaired) electrons. The van der Waals surface area contributed by atoms with E-state index in [0.717, 1.165) is 34.0 Å². The van der Waals surface area contributed by atoms with Gasteiger partial charge in [0.05, 0.1) is 33.6 Å². The van der Waals surface area contributed by atoms with Gasteiger partial charge in [0, 0.05) is 6.54 Å². The average Bonchev–Trinajstić information content (AvgIpc) is 3.38. The molecule has 0 aliphatic rings. The van der Waals surface area contributed by atoms with Crippen LogP contribution in [-0.2, 0) is 13.1 Å². The van der Waals surface area contributed by atoms with Gasteiger partial charge in [0.15, 0.2) is 5.82 Å². The Balaban J connectivity index is 1.59. The van der Waals surface area contributed by atoms with Gasteiger partial charge in [-0.25, -0.2) is 4.98 Å². The molecule has 4 aromatic rings. The molecule has 0 aliphatic heterocycles. The number of fused-ring (bicyclic) bond motifs is 1. The van der Waals surface area contributed by atoms with Gasteiger partial charge in [-0.2, -0.15) is 0 Å². The van der Waals surface area contributed by atoms with Crippen LogP contribution in [0.3, 0.4) is 0 Å². The van der Waals surface area contributed by atoms with Gasteiger partial charge in [0.1, 0.15) is 5.76 Å². The van der Waals surface area contributed by atoms with Crippen molar-refractivity contribution in [3.8, 4) is 10.7 Å². The molecule has 6 heteroatoms. The number of furan rings is 1. The molecule has 1 amide bonds. The first-order chi connectivity index (χ1) is 12.3. The average molecular weight is 351 g/mol. The highest BCUT2D eigenvalue weighted by Crippen LogP contribution is 2.30. The molecule has 0 saturated heterocycles. The van der Waals surface area contributed by atoms with E-state index in [4.69, 9.17) is 9.40 Å². The van der Waals surface area contributed by atoms with Crippen LogP contribution in [-0.4, -0.2) is 15.5 Å². The smallest absolute Gasteiger partial charge is 0.261 e. The molecule has 0 aliphatic carbocycles. The Labute approximate surface area is 148 Å².